The predicted molar refractivity (Wildman–Crippen MR) is 57.6 cm³/mol. The lowest BCUT2D eigenvalue weighted by Crippen LogP contribution is -2.26. The highest BCUT2D eigenvalue weighted by Crippen LogP contribution is 2.06. The minimum absolute atomic E-state index is 0. The molecule has 0 fully saturated rings. The Morgan fingerprint density at radius 3 is 2.73 bits per heavy atom. The third-order valence-electron chi connectivity index (χ3n) is 1.82. The zero-order chi connectivity index (χ0) is 10.6. The van der Waals surface area contributed by atoms with E-state index in [0.717, 1.165) is 5.56 Å². The summed E-state index contributed by atoms with van der Waals surface area (Å²) in [5, 5.41) is 8.46. The molecule has 0 bridgehead atoms. The minimum Gasteiger partial charge on any atom is -0.481 e. The maximum atomic E-state index is 12.7. The number of halogens is 2. The van der Waals surface area contributed by atoms with E-state index in [0.29, 0.717) is 6.42 Å². The molecule has 1 aromatic rings. The number of aliphatic carboxylic acids is 1. The number of hydrogen-bond acceptors (Lipinski definition) is 2. The molecule has 1 rings (SSSR count). The van der Waals surface area contributed by atoms with Crippen LogP contribution in [0.1, 0.15) is 12.0 Å². The van der Waals surface area contributed by atoms with Gasteiger partial charge in [0.05, 0.1) is 6.42 Å². The monoisotopic (exact) mass is 233 g/mol. The first-order valence-electron chi connectivity index (χ1n) is 4.30. The summed E-state index contributed by atoms with van der Waals surface area (Å²) in [5.74, 6) is -1.26. The van der Waals surface area contributed by atoms with Gasteiger partial charge in [0, 0.05) is 6.04 Å². The summed E-state index contributed by atoms with van der Waals surface area (Å²) in [6.07, 6.45) is 0.278. The second kappa shape index (κ2) is 6.37. The largest absolute Gasteiger partial charge is 0.481 e. The van der Waals surface area contributed by atoms with Crippen molar-refractivity contribution in [2.75, 3.05) is 0 Å². The quantitative estimate of drug-likeness (QED) is 0.830. The van der Waals surface area contributed by atoms with E-state index in [1.54, 1.807) is 12.1 Å². The minimum atomic E-state index is -0.936. The van der Waals surface area contributed by atoms with Crippen LogP contribution in [0.2, 0.25) is 0 Å². The molecule has 84 valence electrons. The van der Waals surface area contributed by atoms with Crippen molar-refractivity contribution < 1.29 is 14.3 Å². The van der Waals surface area contributed by atoms with Crippen LogP contribution in [-0.4, -0.2) is 17.1 Å². The van der Waals surface area contributed by atoms with Gasteiger partial charge in [0.25, 0.3) is 0 Å². The summed E-state index contributed by atoms with van der Waals surface area (Å²) >= 11 is 0. The number of carboxylic acid groups (broad SMARTS) is 1. The average Bonchev–Trinajstić information content (AvgIpc) is 2.01. The van der Waals surface area contributed by atoms with E-state index in [2.05, 4.69) is 0 Å². The van der Waals surface area contributed by atoms with Crippen molar-refractivity contribution in [1.29, 1.82) is 0 Å². The van der Waals surface area contributed by atoms with E-state index in [1.165, 1.54) is 12.1 Å². The molecule has 0 aliphatic heterocycles. The van der Waals surface area contributed by atoms with E-state index < -0.39 is 12.0 Å². The van der Waals surface area contributed by atoms with Crippen LogP contribution < -0.4 is 5.73 Å². The van der Waals surface area contributed by atoms with Gasteiger partial charge in [-0.1, -0.05) is 12.1 Å². The van der Waals surface area contributed by atoms with Gasteiger partial charge in [-0.3, -0.25) is 4.79 Å². The Labute approximate surface area is 93.5 Å². The van der Waals surface area contributed by atoms with Gasteiger partial charge < -0.3 is 10.8 Å². The molecule has 0 spiro atoms. The summed E-state index contributed by atoms with van der Waals surface area (Å²) in [6, 6.07) is 5.55. The number of benzene rings is 1. The van der Waals surface area contributed by atoms with Crippen LogP contribution in [0.3, 0.4) is 0 Å². The first-order valence-corrected chi connectivity index (χ1v) is 4.30. The van der Waals surface area contributed by atoms with Gasteiger partial charge in [-0.2, -0.15) is 0 Å². The lowest BCUT2D eigenvalue weighted by Gasteiger charge is -2.08. The molecular weight excluding hydrogens is 221 g/mol. The van der Waals surface area contributed by atoms with Gasteiger partial charge in [0.2, 0.25) is 0 Å². The van der Waals surface area contributed by atoms with Crippen molar-refractivity contribution in [2.45, 2.75) is 18.9 Å². The Balaban J connectivity index is 0.00000196. The highest BCUT2D eigenvalue weighted by atomic mass is 35.5. The number of nitrogens with two attached hydrogens (primary N) is 1. The zero-order valence-electron chi connectivity index (χ0n) is 8.02. The molecule has 0 saturated heterocycles. The molecule has 0 amide bonds. The van der Waals surface area contributed by atoms with Crippen molar-refractivity contribution in [3.63, 3.8) is 0 Å². The first-order chi connectivity index (χ1) is 6.58. The van der Waals surface area contributed by atoms with Gasteiger partial charge in [-0.05, 0) is 24.1 Å². The second-order valence-electron chi connectivity index (χ2n) is 3.19. The zero-order valence-corrected chi connectivity index (χ0v) is 8.84. The third-order valence-corrected chi connectivity index (χ3v) is 1.82. The Hall–Kier alpha value is -1.13. The van der Waals surface area contributed by atoms with Crippen LogP contribution in [0.15, 0.2) is 24.3 Å². The Bertz CT molecular complexity index is 333. The molecule has 15 heavy (non-hydrogen) atoms. The summed E-state index contributed by atoms with van der Waals surface area (Å²) < 4.78 is 12.7. The average molecular weight is 234 g/mol. The van der Waals surface area contributed by atoms with Crippen molar-refractivity contribution in [3.05, 3.63) is 35.6 Å². The first kappa shape index (κ1) is 13.9. The van der Waals surface area contributed by atoms with Crippen LogP contribution >= 0.6 is 12.4 Å². The molecule has 0 aliphatic carbocycles. The van der Waals surface area contributed by atoms with Crippen molar-refractivity contribution in [1.82, 2.24) is 0 Å². The molecule has 5 heteroatoms. The predicted octanol–water partition coefficient (Wildman–Crippen LogP) is 1.59. The summed E-state index contributed by atoms with van der Waals surface area (Å²) in [4.78, 5) is 10.3. The lowest BCUT2D eigenvalue weighted by atomic mass is 10.0. The molecule has 0 radical (unpaired) electrons. The smallest absolute Gasteiger partial charge is 0.304 e. The van der Waals surface area contributed by atoms with Crippen LogP contribution in [-0.2, 0) is 11.2 Å². The molecule has 3 nitrogen and oxygen atoms in total. The fourth-order valence-corrected chi connectivity index (χ4v) is 1.26. The second-order valence-corrected chi connectivity index (χ2v) is 3.19. The molecule has 3 N–H and O–H groups in total. The maximum Gasteiger partial charge on any atom is 0.304 e. The highest BCUT2D eigenvalue weighted by Gasteiger charge is 2.08. The van der Waals surface area contributed by atoms with E-state index in [9.17, 15) is 9.18 Å². The molecular formula is C10H13ClFNO2. The van der Waals surface area contributed by atoms with Gasteiger partial charge in [0.1, 0.15) is 5.82 Å². The maximum absolute atomic E-state index is 12.7. The fourth-order valence-electron chi connectivity index (χ4n) is 1.26. The molecule has 0 aliphatic rings. The van der Waals surface area contributed by atoms with Crippen LogP contribution in [0, 0.1) is 5.82 Å². The number of carboxylic acids is 1. The van der Waals surface area contributed by atoms with Crippen molar-refractivity contribution in [2.24, 2.45) is 5.73 Å². The third kappa shape index (κ3) is 5.34. The standard InChI is InChI=1S/C10H12FNO2.ClH/c11-8-3-1-2-7(4-8)5-9(12)6-10(13)14;/h1-4,9H,5-6,12H2,(H,13,14);1H/t9-;/m1./s1. The normalized spacial score (nSPS) is 11.6. The molecule has 0 heterocycles. The summed E-state index contributed by atoms with van der Waals surface area (Å²) in [7, 11) is 0. The summed E-state index contributed by atoms with van der Waals surface area (Å²) in [6.45, 7) is 0. The van der Waals surface area contributed by atoms with Crippen LogP contribution in [0.25, 0.3) is 0 Å². The number of carbonyl (C=O) groups is 1. The van der Waals surface area contributed by atoms with Crippen molar-refractivity contribution in [3.8, 4) is 0 Å². The molecule has 0 aromatic heterocycles. The number of rotatable bonds is 4. The fraction of sp³-hybridized carbons (Fsp3) is 0.300. The van der Waals surface area contributed by atoms with Gasteiger partial charge in [-0.15, -0.1) is 12.4 Å². The van der Waals surface area contributed by atoms with E-state index >= 15 is 0 Å². The van der Waals surface area contributed by atoms with E-state index in [4.69, 9.17) is 10.8 Å². The number of hydrogen-bond donors (Lipinski definition) is 2. The van der Waals surface area contributed by atoms with Crippen LogP contribution in [0.4, 0.5) is 4.39 Å². The molecule has 0 unspecified atom stereocenters. The lowest BCUT2D eigenvalue weighted by molar-refractivity contribution is -0.137. The molecule has 0 saturated carbocycles. The van der Waals surface area contributed by atoms with E-state index in [1.807, 2.05) is 0 Å². The molecule has 1 aromatic carbocycles. The van der Waals surface area contributed by atoms with Gasteiger partial charge in [0.15, 0.2) is 0 Å². The van der Waals surface area contributed by atoms with Gasteiger partial charge >= 0.3 is 5.97 Å². The Morgan fingerprint density at radius 1 is 1.53 bits per heavy atom. The van der Waals surface area contributed by atoms with Crippen molar-refractivity contribution >= 4 is 18.4 Å². The molecule has 1 atom stereocenters. The topological polar surface area (TPSA) is 63.3 Å². The Kier molecular flexibility index (Phi) is 5.89. The summed E-state index contributed by atoms with van der Waals surface area (Å²) in [5.41, 5.74) is 6.27. The SMILES string of the molecule is Cl.N[C@@H](CC(=O)O)Cc1cccc(F)c1. The van der Waals surface area contributed by atoms with Gasteiger partial charge in [-0.25, -0.2) is 4.39 Å². The van der Waals surface area contributed by atoms with Crippen LogP contribution in [0.5, 0.6) is 0 Å². The van der Waals surface area contributed by atoms with E-state index in [-0.39, 0.29) is 24.6 Å². The highest BCUT2D eigenvalue weighted by molar-refractivity contribution is 5.85. The Morgan fingerprint density at radius 2 is 2.20 bits per heavy atom.